The number of halogens is 1. The third-order valence-electron chi connectivity index (χ3n) is 5.44. The van der Waals surface area contributed by atoms with Crippen molar-refractivity contribution in [3.63, 3.8) is 0 Å². The molecule has 0 aliphatic carbocycles. The number of nitrogens with zero attached hydrogens (tertiary/aromatic N) is 3. The van der Waals surface area contributed by atoms with Gasteiger partial charge in [-0.3, -0.25) is 4.79 Å². The van der Waals surface area contributed by atoms with Crippen LogP contribution in [0.2, 0.25) is 0 Å². The molecule has 2 N–H and O–H groups in total. The van der Waals surface area contributed by atoms with Crippen LogP contribution in [0.3, 0.4) is 0 Å². The van der Waals surface area contributed by atoms with Crippen molar-refractivity contribution in [2.24, 2.45) is 4.99 Å². The number of aliphatic imine (C=N–C) groups is 1. The van der Waals surface area contributed by atoms with Crippen LogP contribution in [0.5, 0.6) is 5.75 Å². The number of carbonyl (C=O) groups is 2. The number of amides is 2. The number of hydrogen-bond donors (Lipinski definition) is 2. The minimum atomic E-state index is -0.262. The number of benzene rings is 1. The summed E-state index contributed by atoms with van der Waals surface area (Å²) in [5.41, 5.74) is 1.20. The molecule has 32 heavy (non-hydrogen) atoms. The highest BCUT2D eigenvalue weighted by molar-refractivity contribution is 14.0. The Labute approximate surface area is 206 Å². The lowest BCUT2D eigenvalue weighted by molar-refractivity contribution is -0.127. The molecule has 0 bridgehead atoms. The standard InChI is InChI=1S/C22H33N5O4.HI/c1-4-30-22(29)27-11-9-17(10-12-27)25-21(24-15-20(28)26(2)3)23-14-18-13-16-7-5-6-8-19(16)31-18;/h5-8,17-18H,4,9-15H2,1-3H3,(H2,23,24,25);1H. The van der Waals surface area contributed by atoms with Gasteiger partial charge in [0.25, 0.3) is 0 Å². The quantitative estimate of drug-likeness (QED) is 0.314. The van der Waals surface area contributed by atoms with E-state index in [4.69, 9.17) is 9.47 Å². The first-order chi connectivity index (χ1) is 15.0. The molecule has 0 radical (unpaired) electrons. The molecule has 1 atom stereocenters. The Kier molecular flexibility index (Phi) is 10.3. The predicted molar refractivity (Wildman–Crippen MR) is 134 cm³/mol. The molecular weight excluding hydrogens is 525 g/mol. The van der Waals surface area contributed by atoms with Gasteiger partial charge in [-0.15, -0.1) is 24.0 Å². The Morgan fingerprint density at radius 3 is 2.62 bits per heavy atom. The number of carbonyl (C=O) groups excluding carboxylic acids is 2. The van der Waals surface area contributed by atoms with Crippen LogP contribution in [0.15, 0.2) is 29.3 Å². The summed E-state index contributed by atoms with van der Waals surface area (Å²) in [6.45, 7) is 4.09. The highest BCUT2D eigenvalue weighted by atomic mass is 127. The van der Waals surface area contributed by atoms with Crippen molar-refractivity contribution in [1.82, 2.24) is 20.4 Å². The van der Waals surface area contributed by atoms with Gasteiger partial charge in [0.1, 0.15) is 18.4 Å². The SMILES string of the molecule is CCOC(=O)N1CCC(NC(=NCC(=O)N(C)C)NCC2Cc3ccccc3O2)CC1.I. The number of ether oxygens (including phenoxy) is 2. The van der Waals surface area contributed by atoms with Gasteiger partial charge in [0.15, 0.2) is 5.96 Å². The summed E-state index contributed by atoms with van der Waals surface area (Å²) >= 11 is 0. The highest BCUT2D eigenvalue weighted by Crippen LogP contribution is 2.27. The molecule has 2 aliphatic rings. The summed E-state index contributed by atoms with van der Waals surface area (Å²) in [7, 11) is 3.43. The van der Waals surface area contributed by atoms with Gasteiger partial charge in [0.2, 0.25) is 5.91 Å². The topological polar surface area (TPSA) is 95.5 Å². The van der Waals surface area contributed by atoms with Crippen molar-refractivity contribution in [2.45, 2.75) is 38.3 Å². The molecule has 178 valence electrons. The fourth-order valence-corrected chi connectivity index (χ4v) is 3.63. The predicted octanol–water partition coefficient (Wildman–Crippen LogP) is 1.85. The second-order valence-electron chi connectivity index (χ2n) is 7.99. The first kappa shape index (κ1) is 26.0. The van der Waals surface area contributed by atoms with Gasteiger partial charge in [-0.25, -0.2) is 9.79 Å². The first-order valence-electron chi connectivity index (χ1n) is 10.9. The fourth-order valence-electron chi connectivity index (χ4n) is 3.63. The van der Waals surface area contributed by atoms with Crippen LogP contribution < -0.4 is 15.4 Å². The van der Waals surface area contributed by atoms with Crippen LogP contribution in [0.25, 0.3) is 0 Å². The molecule has 0 spiro atoms. The molecule has 2 amide bonds. The summed E-state index contributed by atoms with van der Waals surface area (Å²) in [5.74, 6) is 1.45. The first-order valence-corrected chi connectivity index (χ1v) is 10.9. The molecule has 10 heteroatoms. The zero-order valence-corrected chi connectivity index (χ0v) is 21.3. The van der Waals surface area contributed by atoms with Gasteiger partial charge in [-0.2, -0.15) is 0 Å². The Hall–Kier alpha value is -2.24. The van der Waals surface area contributed by atoms with Crippen molar-refractivity contribution >= 4 is 41.9 Å². The van der Waals surface area contributed by atoms with Gasteiger partial charge in [-0.1, -0.05) is 18.2 Å². The van der Waals surface area contributed by atoms with Gasteiger partial charge in [0, 0.05) is 39.6 Å². The van der Waals surface area contributed by atoms with Crippen LogP contribution in [0, 0.1) is 0 Å². The zero-order valence-electron chi connectivity index (χ0n) is 19.0. The van der Waals surface area contributed by atoms with E-state index in [9.17, 15) is 9.59 Å². The lowest BCUT2D eigenvalue weighted by atomic mass is 10.1. The van der Waals surface area contributed by atoms with Gasteiger partial charge < -0.3 is 29.9 Å². The molecule has 1 aromatic rings. The molecule has 1 unspecified atom stereocenters. The second kappa shape index (κ2) is 12.7. The van der Waals surface area contributed by atoms with E-state index in [2.05, 4.69) is 21.7 Å². The van der Waals surface area contributed by atoms with Crippen molar-refractivity contribution in [3.8, 4) is 5.75 Å². The number of nitrogens with one attached hydrogen (secondary N) is 2. The Morgan fingerprint density at radius 1 is 1.25 bits per heavy atom. The minimum absolute atomic E-state index is 0. The molecule has 1 aromatic carbocycles. The molecule has 0 aromatic heterocycles. The zero-order chi connectivity index (χ0) is 22.2. The maximum Gasteiger partial charge on any atom is 0.409 e. The third kappa shape index (κ3) is 7.42. The molecular formula is C22H34IN5O4. The molecule has 2 heterocycles. The molecule has 9 nitrogen and oxygen atoms in total. The van der Waals surface area contributed by atoms with Crippen molar-refractivity contribution in [1.29, 1.82) is 0 Å². The number of guanidine groups is 1. The summed E-state index contributed by atoms with van der Waals surface area (Å²) < 4.78 is 11.1. The number of fused-ring (bicyclic) bond motifs is 1. The molecule has 1 saturated heterocycles. The van der Waals surface area contributed by atoms with E-state index >= 15 is 0 Å². The summed E-state index contributed by atoms with van der Waals surface area (Å²) in [4.78, 5) is 31.6. The van der Waals surface area contributed by atoms with E-state index in [1.165, 1.54) is 10.5 Å². The smallest absolute Gasteiger partial charge is 0.409 e. The van der Waals surface area contributed by atoms with E-state index in [0.717, 1.165) is 25.0 Å². The van der Waals surface area contributed by atoms with Crippen molar-refractivity contribution in [3.05, 3.63) is 29.8 Å². The number of rotatable bonds is 6. The number of likely N-dealkylation sites (tertiary alicyclic amines) is 1. The Morgan fingerprint density at radius 2 is 1.97 bits per heavy atom. The summed E-state index contributed by atoms with van der Waals surface area (Å²) in [5, 5.41) is 6.75. The largest absolute Gasteiger partial charge is 0.488 e. The van der Waals surface area contributed by atoms with Crippen LogP contribution in [-0.2, 0) is 16.0 Å². The monoisotopic (exact) mass is 559 g/mol. The maximum absolute atomic E-state index is 12.0. The van der Waals surface area contributed by atoms with Crippen LogP contribution in [-0.4, -0.2) is 86.8 Å². The Balaban J connectivity index is 0.00000363. The number of likely N-dealkylation sites (N-methyl/N-ethyl adjacent to an activating group) is 1. The van der Waals surface area contributed by atoms with Crippen LogP contribution in [0.4, 0.5) is 4.79 Å². The minimum Gasteiger partial charge on any atom is -0.488 e. The van der Waals surface area contributed by atoms with Gasteiger partial charge >= 0.3 is 6.09 Å². The van der Waals surface area contributed by atoms with Gasteiger partial charge in [0.05, 0.1) is 13.2 Å². The highest BCUT2D eigenvalue weighted by Gasteiger charge is 2.26. The Bertz CT molecular complexity index is 771. The summed E-state index contributed by atoms with van der Waals surface area (Å²) in [6.07, 6.45) is 2.16. The molecule has 1 fully saturated rings. The average Bonchev–Trinajstić information content (AvgIpc) is 3.19. The van der Waals surface area contributed by atoms with Gasteiger partial charge in [-0.05, 0) is 31.4 Å². The lowest BCUT2D eigenvalue weighted by Gasteiger charge is -2.32. The number of piperidine rings is 1. The van der Waals surface area contributed by atoms with E-state index in [-0.39, 0.29) is 54.7 Å². The maximum atomic E-state index is 12.0. The third-order valence-corrected chi connectivity index (χ3v) is 5.44. The number of hydrogen-bond acceptors (Lipinski definition) is 5. The average molecular weight is 559 g/mol. The second-order valence-corrected chi connectivity index (χ2v) is 7.99. The van der Waals surface area contributed by atoms with E-state index in [1.807, 2.05) is 25.1 Å². The number of para-hydroxylation sites is 1. The normalized spacial score (nSPS) is 18.2. The lowest BCUT2D eigenvalue weighted by Crippen LogP contribution is -2.51. The van der Waals surface area contributed by atoms with E-state index in [0.29, 0.717) is 32.2 Å². The van der Waals surface area contributed by atoms with Crippen molar-refractivity contribution in [2.75, 3.05) is 46.9 Å². The summed E-state index contributed by atoms with van der Waals surface area (Å²) in [6, 6.07) is 8.21. The van der Waals surface area contributed by atoms with Crippen molar-refractivity contribution < 1.29 is 19.1 Å². The molecule has 0 saturated carbocycles. The fraction of sp³-hybridized carbons (Fsp3) is 0.591. The van der Waals surface area contributed by atoms with Crippen LogP contribution in [0.1, 0.15) is 25.3 Å². The molecule has 2 aliphatic heterocycles. The van der Waals surface area contributed by atoms with E-state index in [1.54, 1.807) is 19.0 Å². The van der Waals surface area contributed by atoms with E-state index < -0.39 is 0 Å². The molecule has 3 rings (SSSR count). The van der Waals surface area contributed by atoms with Crippen LogP contribution >= 0.6 is 24.0 Å².